The van der Waals surface area contributed by atoms with Crippen molar-refractivity contribution in [1.82, 2.24) is 14.9 Å². The number of hydrogen-bond acceptors (Lipinski definition) is 4. The highest BCUT2D eigenvalue weighted by atomic mass is 16.5. The minimum atomic E-state index is -0.0494. The van der Waals surface area contributed by atoms with Gasteiger partial charge in [0.1, 0.15) is 5.75 Å². The molecule has 1 saturated heterocycles. The van der Waals surface area contributed by atoms with Crippen LogP contribution in [0.3, 0.4) is 0 Å². The average molecular weight is 311 g/mol. The van der Waals surface area contributed by atoms with Crippen molar-refractivity contribution in [3.63, 3.8) is 0 Å². The van der Waals surface area contributed by atoms with Crippen molar-refractivity contribution in [1.29, 1.82) is 0 Å². The van der Waals surface area contributed by atoms with Crippen molar-refractivity contribution in [3.8, 4) is 11.6 Å². The van der Waals surface area contributed by atoms with Crippen LogP contribution in [0.15, 0.2) is 30.3 Å². The first-order valence-corrected chi connectivity index (χ1v) is 7.91. The topological polar surface area (TPSA) is 55.3 Å². The van der Waals surface area contributed by atoms with Gasteiger partial charge in [-0.1, -0.05) is 18.2 Å². The van der Waals surface area contributed by atoms with Crippen LogP contribution in [-0.4, -0.2) is 27.3 Å². The third-order valence-electron chi connectivity index (χ3n) is 4.11. The molecule has 120 valence electrons. The lowest BCUT2D eigenvalue weighted by molar-refractivity contribution is -0.129. The van der Waals surface area contributed by atoms with E-state index in [0.717, 1.165) is 36.4 Å². The van der Waals surface area contributed by atoms with Gasteiger partial charge in [-0.15, -0.1) is 0 Å². The number of likely N-dealkylation sites (tertiary alicyclic amines) is 1. The maximum Gasteiger partial charge on any atom is 0.222 e. The summed E-state index contributed by atoms with van der Waals surface area (Å²) in [6.45, 7) is 6.28. The van der Waals surface area contributed by atoms with Gasteiger partial charge in [0.25, 0.3) is 0 Å². The SMILES string of the molecule is CC(=O)N1CCCC1c1nc(C)cc(Oc2ccccc2C)n1. The Morgan fingerprint density at radius 3 is 2.78 bits per heavy atom. The van der Waals surface area contributed by atoms with Crippen LogP contribution < -0.4 is 4.74 Å². The molecule has 1 aliphatic rings. The molecule has 5 heteroatoms. The quantitative estimate of drug-likeness (QED) is 0.869. The lowest BCUT2D eigenvalue weighted by Gasteiger charge is -2.22. The van der Waals surface area contributed by atoms with Crippen molar-refractivity contribution in [2.75, 3.05) is 6.54 Å². The molecule has 2 heterocycles. The highest BCUT2D eigenvalue weighted by molar-refractivity contribution is 5.74. The van der Waals surface area contributed by atoms with E-state index in [1.165, 1.54) is 0 Å². The van der Waals surface area contributed by atoms with Gasteiger partial charge < -0.3 is 9.64 Å². The van der Waals surface area contributed by atoms with E-state index in [0.29, 0.717) is 11.7 Å². The zero-order valence-corrected chi connectivity index (χ0v) is 13.7. The Bertz CT molecular complexity index is 730. The van der Waals surface area contributed by atoms with Crippen molar-refractivity contribution >= 4 is 5.91 Å². The minimum Gasteiger partial charge on any atom is -0.439 e. The molecule has 5 nitrogen and oxygen atoms in total. The molecule has 1 aliphatic heterocycles. The average Bonchev–Trinajstić information content (AvgIpc) is 2.99. The fourth-order valence-electron chi connectivity index (χ4n) is 2.96. The third-order valence-corrected chi connectivity index (χ3v) is 4.11. The molecule has 0 bridgehead atoms. The van der Waals surface area contributed by atoms with Gasteiger partial charge in [0.15, 0.2) is 5.82 Å². The fourth-order valence-corrected chi connectivity index (χ4v) is 2.96. The van der Waals surface area contributed by atoms with E-state index in [9.17, 15) is 4.79 Å². The number of ether oxygens (including phenoxy) is 1. The second-order valence-electron chi connectivity index (χ2n) is 5.94. The first kappa shape index (κ1) is 15.5. The largest absolute Gasteiger partial charge is 0.439 e. The molecule has 0 spiro atoms. The van der Waals surface area contributed by atoms with E-state index < -0.39 is 0 Å². The van der Waals surface area contributed by atoms with E-state index in [2.05, 4.69) is 9.97 Å². The highest BCUT2D eigenvalue weighted by Gasteiger charge is 2.30. The van der Waals surface area contributed by atoms with Gasteiger partial charge in [0.2, 0.25) is 11.8 Å². The summed E-state index contributed by atoms with van der Waals surface area (Å²) < 4.78 is 5.93. The number of nitrogens with zero attached hydrogens (tertiary/aromatic N) is 3. The summed E-state index contributed by atoms with van der Waals surface area (Å²) >= 11 is 0. The molecule has 1 unspecified atom stereocenters. The molecule has 0 aliphatic carbocycles. The Morgan fingerprint density at radius 1 is 1.26 bits per heavy atom. The monoisotopic (exact) mass is 311 g/mol. The number of aryl methyl sites for hydroxylation is 2. The van der Waals surface area contributed by atoms with Crippen molar-refractivity contribution in [2.45, 2.75) is 39.7 Å². The number of aromatic nitrogens is 2. The van der Waals surface area contributed by atoms with Crippen molar-refractivity contribution < 1.29 is 9.53 Å². The van der Waals surface area contributed by atoms with Crippen LogP contribution >= 0.6 is 0 Å². The molecular weight excluding hydrogens is 290 g/mol. The first-order chi connectivity index (χ1) is 11.0. The van der Waals surface area contributed by atoms with Gasteiger partial charge in [0.05, 0.1) is 6.04 Å². The summed E-state index contributed by atoms with van der Waals surface area (Å²) in [7, 11) is 0. The predicted octanol–water partition coefficient (Wildman–Crippen LogP) is 3.57. The normalized spacial score (nSPS) is 17.3. The Morgan fingerprint density at radius 2 is 2.04 bits per heavy atom. The van der Waals surface area contributed by atoms with E-state index in [1.807, 2.05) is 49.1 Å². The molecule has 23 heavy (non-hydrogen) atoms. The Kier molecular flexibility index (Phi) is 4.28. The molecule has 3 rings (SSSR count). The molecule has 0 N–H and O–H groups in total. The van der Waals surface area contributed by atoms with E-state index in [-0.39, 0.29) is 11.9 Å². The van der Waals surface area contributed by atoms with Gasteiger partial charge in [-0.25, -0.2) is 4.98 Å². The van der Waals surface area contributed by atoms with Crippen LogP contribution in [0.5, 0.6) is 11.6 Å². The zero-order chi connectivity index (χ0) is 16.4. The van der Waals surface area contributed by atoms with E-state index in [1.54, 1.807) is 6.92 Å². The molecule has 1 aromatic carbocycles. The second-order valence-corrected chi connectivity index (χ2v) is 5.94. The zero-order valence-electron chi connectivity index (χ0n) is 13.7. The van der Waals surface area contributed by atoms with E-state index >= 15 is 0 Å². The second kappa shape index (κ2) is 6.36. The van der Waals surface area contributed by atoms with Crippen LogP contribution in [0.25, 0.3) is 0 Å². The number of carbonyl (C=O) groups excluding carboxylic acids is 1. The fraction of sp³-hybridized carbons (Fsp3) is 0.389. The molecule has 1 atom stereocenters. The van der Waals surface area contributed by atoms with Gasteiger partial charge >= 0.3 is 0 Å². The van der Waals surface area contributed by atoms with Crippen LogP contribution in [0.2, 0.25) is 0 Å². The minimum absolute atomic E-state index is 0.0494. The van der Waals surface area contributed by atoms with Crippen molar-refractivity contribution in [2.24, 2.45) is 0 Å². The molecule has 2 aromatic rings. The molecule has 1 aromatic heterocycles. The Hall–Kier alpha value is -2.43. The van der Waals surface area contributed by atoms with E-state index in [4.69, 9.17) is 4.74 Å². The molecule has 1 amide bonds. The molecule has 1 fully saturated rings. The lowest BCUT2D eigenvalue weighted by atomic mass is 10.2. The van der Waals surface area contributed by atoms with Crippen LogP contribution in [0, 0.1) is 13.8 Å². The number of carbonyl (C=O) groups is 1. The Labute approximate surface area is 136 Å². The molecule has 0 saturated carbocycles. The van der Waals surface area contributed by atoms with Crippen LogP contribution in [0.4, 0.5) is 0 Å². The van der Waals surface area contributed by atoms with Crippen LogP contribution in [-0.2, 0) is 4.79 Å². The smallest absolute Gasteiger partial charge is 0.222 e. The summed E-state index contributed by atoms with van der Waals surface area (Å²) in [5, 5.41) is 0. The molecular formula is C18H21N3O2. The summed E-state index contributed by atoms with van der Waals surface area (Å²) in [5.74, 6) is 2.05. The standard InChI is InChI=1S/C18H21N3O2/c1-12-7-4-5-9-16(12)23-17-11-13(2)19-18(20-17)15-8-6-10-21(15)14(3)22/h4-5,7,9,11,15H,6,8,10H2,1-3H3. The summed E-state index contributed by atoms with van der Waals surface area (Å²) in [4.78, 5) is 22.7. The maximum absolute atomic E-state index is 11.8. The van der Waals surface area contributed by atoms with Gasteiger partial charge in [-0.05, 0) is 38.3 Å². The lowest BCUT2D eigenvalue weighted by Crippen LogP contribution is -2.29. The van der Waals surface area contributed by atoms with Gasteiger partial charge in [-0.2, -0.15) is 4.98 Å². The Balaban J connectivity index is 1.90. The van der Waals surface area contributed by atoms with Gasteiger partial charge in [0, 0.05) is 25.2 Å². The third kappa shape index (κ3) is 3.33. The number of benzene rings is 1. The number of rotatable bonds is 3. The summed E-state index contributed by atoms with van der Waals surface area (Å²) in [6.07, 6.45) is 1.88. The maximum atomic E-state index is 11.8. The summed E-state index contributed by atoms with van der Waals surface area (Å²) in [5.41, 5.74) is 1.89. The predicted molar refractivity (Wildman–Crippen MR) is 87.4 cm³/mol. The van der Waals surface area contributed by atoms with Crippen molar-refractivity contribution in [3.05, 3.63) is 47.4 Å². The van der Waals surface area contributed by atoms with Gasteiger partial charge in [-0.3, -0.25) is 4.79 Å². The molecule has 0 radical (unpaired) electrons. The highest BCUT2D eigenvalue weighted by Crippen LogP contribution is 2.32. The first-order valence-electron chi connectivity index (χ1n) is 7.91. The summed E-state index contributed by atoms with van der Waals surface area (Å²) in [6, 6.07) is 9.60. The number of para-hydroxylation sites is 1. The number of hydrogen-bond donors (Lipinski definition) is 0. The number of amides is 1. The van der Waals surface area contributed by atoms with Crippen LogP contribution in [0.1, 0.15) is 42.9 Å².